The summed E-state index contributed by atoms with van der Waals surface area (Å²) in [6.07, 6.45) is 2.43. The van der Waals surface area contributed by atoms with Crippen LogP contribution in [0.25, 0.3) is 0 Å². The fourth-order valence-corrected chi connectivity index (χ4v) is 3.47. The molecule has 2 rings (SSSR count). The molecule has 1 aliphatic rings. The highest BCUT2D eigenvalue weighted by molar-refractivity contribution is 5.24. The molecule has 0 aromatic heterocycles. The normalized spacial score (nSPS) is 29.2. The van der Waals surface area contributed by atoms with E-state index in [4.69, 9.17) is 0 Å². The highest BCUT2D eigenvalue weighted by Gasteiger charge is 2.66. The van der Waals surface area contributed by atoms with Gasteiger partial charge in [0.2, 0.25) is 0 Å². The summed E-state index contributed by atoms with van der Waals surface area (Å²) in [4.78, 5) is 0. The molecule has 0 heterocycles. The van der Waals surface area contributed by atoms with E-state index < -0.39 is 0 Å². The molecular formula is C17H27N. The lowest BCUT2D eigenvalue weighted by atomic mass is 9.90. The summed E-state index contributed by atoms with van der Waals surface area (Å²) in [5, 5.41) is 3.59. The molecule has 0 bridgehead atoms. The minimum Gasteiger partial charge on any atom is -0.316 e. The first-order chi connectivity index (χ1) is 8.52. The molecule has 1 saturated carbocycles. The molecule has 0 radical (unpaired) electrons. The zero-order chi connectivity index (χ0) is 13.2. The maximum absolute atomic E-state index is 3.59. The smallest absolute Gasteiger partial charge is 0.000967 e. The molecule has 1 aromatic rings. The zero-order valence-corrected chi connectivity index (χ0v) is 12.3. The first-order valence-corrected chi connectivity index (χ1v) is 7.27. The van der Waals surface area contributed by atoms with Crippen LogP contribution < -0.4 is 5.32 Å². The van der Waals surface area contributed by atoms with Crippen molar-refractivity contribution < 1.29 is 0 Å². The third kappa shape index (κ3) is 2.33. The van der Waals surface area contributed by atoms with Gasteiger partial charge in [-0.25, -0.2) is 0 Å². The number of hydrogen-bond donors (Lipinski definition) is 1. The van der Waals surface area contributed by atoms with E-state index in [-0.39, 0.29) is 0 Å². The maximum atomic E-state index is 3.59. The van der Waals surface area contributed by atoms with E-state index in [0.29, 0.717) is 10.8 Å². The molecule has 18 heavy (non-hydrogen) atoms. The van der Waals surface area contributed by atoms with Crippen molar-refractivity contribution in [1.29, 1.82) is 0 Å². The molecule has 0 spiro atoms. The van der Waals surface area contributed by atoms with E-state index in [9.17, 15) is 0 Å². The van der Waals surface area contributed by atoms with Crippen LogP contribution in [0, 0.1) is 16.7 Å². The third-order valence-electron chi connectivity index (χ3n) is 5.22. The van der Waals surface area contributed by atoms with Gasteiger partial charge in [0.15, 0.2) is 0 Å². The van der Waals surface area contributed by atoms with Crippen molar-refractivity contribution in [2.75, 3.05) is 13.1 Å². The van der Waals surface area contributed by atoms with Gasteiger partial charge in [-0.2, -0.15) is 0 Å². The third-order valence-corrected chi connectivity index (χ3v) is 5.22. The summed E-state index contributed by atoms with van der Waals surface area (Å²) in [7, 11) is 0. The Morgan fingerprint density at radius 1 is 1.11 bits per heavy atom. The van der Waals surface area contributed by atoms with Crippen molar-refractivity contribution in [3.05, 3.63) is 35.9 Å². The van der Waals surface area contributed by atoms with E-state index in [2.05, 4.69) is 63.3 Å². The lowest BCUT2D eigenvalue weighted by Gasteiger charge is -2.14. The van der Waals surface area contributed by atoms with E-state index >= 15 is 0 Å². The highest BCUT2D eigenvalue weighted by Crippen LogP contribution is 2.69. The predicted molar refractivity (Wildman–Crippen MR) is 78.7 cm³/mol. The summed E-state index contributed by atoms with van der Waals surface area (Å²) in [5.41, 5.74) is 2.39. The Hall–Kier alpha value is -0.820. The average Bonchev–Trinajstić information content (AvgIpc) is 2.75. The van der Waals surface area contributed by atoms with E-state index in [1.165, 1.54) is 24.9 Å². The molecule has 1 heteroatoms. The Bertz CT molecular complexity index is 382. The summed E-state index contributed by atoms with van der Waals surface area (Å²) < 4.78 is 0. The number of benzene rings is 1. The minimum atomic E-state index is 0.453. The van der Waals surface area contributed by atoms with Crippen LogP contribution in [-0.2, 0) is 6.42 Å². The molecule has 0 aliphatic heterocycles. The Morgan fingerprint density at radius 2 is 1.78 bits per heavy atom. The molecule has 1 fully saturated rings. The van der Waals surface area contributed by atoms with Gasteiger partial charge in [0.1, 0.15) is 0 Å². The SMILES string of the molecule is CCCNCC1C(C)(C)C1(C)Cc1ccccc1. The summed E-state index contributed by atoms with van der Waals surface area (Å²) in [5.74, 6) is 0.803. The molecule has 100 valence electrons. The van der Waals surface area contributed by atoms with E-state index in [1.807, 2.05) is 0 Å². The van der Waals surface area contributed by atoms with Gasteiger partial charge >= 0.3 is 0 Å². The van der Waals surface area contributed by atoms with Gasteiger partial charge in [0.25, 0.3) is 0 Å². The Kier molecular flexibility index (Phi) is 3.82. The molecule has 1 aliphatic carbocycles. The second-order valence-corrected chi connectivity index (χ2v) is 6.56. The highest BCUT2D eigenvalue weighted by atomic mass is 14.9. The first kappa shape index (κ1) is 13.6. The van der Waals surface area contributed by atoms with Gasteiger partial charge in [-0.1, -0.05) is 58.0 Å². The summed E-state index contributed by atoms with van der Waals surface area (Å²) in [6, 6.07) is 10.9. The van der Waals surface area contributed by atoms with Gasteiger partial charge < -0.3 is 5.32 Å². The second-order valence-electron chi connectivity index (χ2n) is 6.56. The van der Waals surface area contributed by atoms with Crippen molar-refractivity contribution in [3.8, 4) is 0 Å². The fraction of sp³-hybridized carbons (Fsp3) is 0.647. The van der Waals surface area contributed by atoms with Crippen molar-refractivity contribution >= 4 is 0 Å². The number of rotatable bonds is 6. The quantitative estimate of drug-likeness (QED) is 0.750. The second kappa shape index (κ2) is 5.05. The van der Waals surface area contributed by atoms with Crippen LogP contribution in [0.5, 0.6) is 0 Å². The lowest BCUT2D eigenvalue weighted by Crippen LogP contribution is -2.20. The summed E-state index contributed by atoms with van der Waals surface area (Å²) in [6.45, 7) is 11.9. The van der Waals surface area contributed by atoms with Crippen LogP contribution in [0.3, 0.4) is 0 Å². The first-order valence-electron chi connectivity index (χ1n) is 7.27. The Labute approximate surface area is 112 Å². The number of hydrogen-bond acceptors (Lipinski definition) is 1. The standard InChI is InChI=1S/C17H27N/c1-5-11-18-13-15-16(2,3)17(15,4)12-14-9-7-6-8-10-14/h6-10,15,18H,5,11-13H2,1-4H3. The average molecular weight is 245 g/mol. The predicted octanol–water partition coefficient (Wildman–Crippen LogP) is 3.89. The van der Waals surface area contributed by atoms with Gasteiger partial charge in [-0.15, -0.1) is 0 Å². The molecule has 1 aromatic carbocycles. The van der Waals surface area contributed by atoms with Gasteiger partial charge in [-0.05, 0) is 48.2 Å². The topological polar surface area (TPSA) is 12.0 Å². The van der Waals surface area contributed by atoms with E-state index in [0.717, 1.165) is 12.5 Å². The molecular weight excluding hydrogens is 218 g/mol. The van der Waals surface area contributed by atoms with Crippen LogP contribution in [0.2, 0.25) is 0 Å². The molecule has 0 saturated heterocycles. The Morgan fingerprint density at radius 3 is 2.39 bits per heavy atom. The molecule has 1 nitrogen and oxygen atoms in total. The van der Waals surface area contributed by atoms with Crippen molar-refractivity contribution in [2.24, 2.45) is 16.7 Å². The molecule has 0 amide bonds. The fourth-order valence-electron chi connectivity index (χ4n) is 3.47. The monoisotopic (exact) mass is 245 g/mol. The van der Waals surface area contributed by atoms with Crippen LogP contribution in [0.4, 0.5) is 0 Å². The van der Waals surface area contributed by atoms with Gasteiger partial charge in [0, 0.05) is 0 Å². The molecule has 2 atom stereocenters. The minimum absolute atomic E-state index is 0.453. The van der Waals surface area contributed by atoms with Gasteiger partial charge in [-0.3, -0.25) is 0 Å². The summed E-state index contributed by atoms with van der Waals surface area (Å²) >= 11 is 0. The van der Waals surface area contributed by atoms with E-state index in [1.54, 1.807) is 0 Å². The van der Waals surface area contributed by atoms with Crippen molar-refractivity contribution in [3.63, 3.8) is 0 Å². The van der Waals surface area contributed by atoms with Crippen LogP contribution in [-0.4, -0.2) is 13.1 Å². The van der Waals surface area contributed by atoms with Crippen molar-refractivity contribution in [1.82, 2.24) is 5.32 Å². The maximum Gasteiger partial charge on any atom is -0.000967 e. The molecule has 2 unspecified atom stereocenters. The zero-order valence-electron chi connectivity index (χ0n) is 12.3. The van der Waals surface area contributed by atoms with Crippen LogP contribution in [0.1, 0.15) is 39.7 Å². The van der Waals surface area contributed by atoms with Gasteiger partial charge in [0.05, 0.1) is 0 Å². The van der Waals surface area contributed by atoms with Crippen molar-refractivity contribution in [2.45, 2.75) is 40.5 Å². The molecule has 1 N–H and O–H groups in total. The van der Waals surface area contributed by atoms with Crippen LogP contribution >= 0.6 is 0 Å². The lowest BCUT2D eigenvalue weighted by molar-refractivity contribution is 0.414. The largest absolute Gasteiger partial charge is 0.316 e. The number of nitrogens with one attached hydrogen (secondary N) is 1. The Balaban J connectivity index is 1.98. The van der Waals surface area contributed by atoms with Crippen LogP contribution in [0.15, 0.2) is 30.3 Å².